The van der Waals surface area contributed by atoms with E-state index >= 15 is 0 Å². The number of halogens is 2. The van der Waals surface area contributed by atoms with Gasteiger partial charge in [-0.05, 0) is 62.1 Å². The zero-order chi connectivity index (χ0) is 24.3. The van der Waals surface area contributed by atoms with Crippen molar-refractivity contribution in [3.8, 4) is 17.0 Å². The van der Waals surface area contributed by atoms with Crippen molar-refractivity contribution in [2.24, 2.45) is 7.05 Å². The summed E-state index contributed by atoms with van der Waals surface area (Å²) in [6.45, 7) is 0. The highest BCUT2D eigenvalue weighted by molar-refractivity contribution is 5.98. The number of fused-ring (bicyclic) bond motifs is 5. The van der Waals surface area contributed by atoms with Crippen LogP contribution in [0.15, 0.2) is 48.7 Å². The van der Waals surface area contributed by atoms with E-state index in [1.54, 1.807) is 17.9 Å². The van der Waals surface area contributed by atoms with E-state index in [0.29, 0.717) is 23.2 Å². The molecule has 6 nitrogen and oxygen atoms in total. The number of rotatable bonds is 3. The number of methoxy groups -OCH3 is 1. The van der Waals surface area contributed by atoms with Gasteiger partial charge in [0.15, 0.2) is 17.4 Å². The summed E-state index contributed by atoms with van der Waals surface area (Å²) in [6.07, 6.45) is 4.99. The summed E-state index contributed by atoms with van der Waals surface area (Å²) in [6, 6.07) is 11.8. The lowest BCUT2D eigenvalue weighted by Gasteiger charge is -2.45. The zero-order valence-electron chi connectivity index (χ0n) is 19.5. The molecule has 2 bridgehead atoms. The molecule has 1 saturated heterocycles. The second kappa shape index (κ2) is 8.15. The SMILES string of the molecule is COc1c(F)cc(-c2c3c(nn2C)[C@@H]2CCC[C@H](C3)N2C(=O)c2ccc3ncccc3c2)cc1F. The van der Waals surface area contributed by atoms with Crippen LogP contribution in [-0.2, 0) is 13.5 Å². The van der Waals surface area contributed by atoms with Crippen molar-refractivity contribution in [3.05, 3.63) is 77.1 Å². The van der Waals surface area contributed by atoms with E-state index in [1.807, 2.05) is 35.2 Å². The van der Waals surface area contributed by atoms with Crippen LogP contribution in [0.2, 0.25) is 0 Å². The van der Waals surface area contributed by atoms with Crippen molar-refractivity contribution >= 4 is 16.8 Å². The number of hydrogen-bond acceptors (Lipinski definition) is 4. The minimum absolute atomic E-state index is 0.00534. The van der Waals surface area contributed by atoms with Crippen molar-refractivity contribution in [1.82, 2.24) is 19.7 Å². The lowest BCUT2D eigenvalue weighted by molar-refractivity contribution is 0.0392. The molecule has 0 radical (unpaired) electrons. The molecule has 0 aliphatic carbocycles. The Balaban J connectivity index is 1.42. The van der Waals surface area contributed by atoms with Gasteiger partial charge in [-0.2, -0.15) is 5.10 Å². The first kappa shape index (κ1) is 21.7. The Bertz CT molecular complexity index is 1460. The average Bonchev–Trinajstić information content (AvgIpc) is 3.18. The molecule has 2 atom stereocenters. The maximum Gasteiger partial charge on any atom is 0.254 e. The first-order chi connectivity index (χ1) is 17.0. The van der Waals surface area contributed by atoms with Gasteiger partial charge in [0.1, 0.15) is 0 Å². The van der Waals surface area contributed by atoms with Crippen LogP contribution in [0.3, 0.4) is 0 Å². The number of hydrogen-bond donors (Lipinski definition) is 0. The van der Waals surface area contributed by atoms with Crippen molar-refractivity contribution in [2.75, 3.05) is 7.11 Å². The molecule has 2 aliphatic heterocycles. The highest BCUT2D eigenvalue weighted by Gasteiger charge is 2.43. The van der Waals surface area contributed by atoms with Crippen LogP contribution in [-0.4, -0.2) is 38.7 Å². The molecule has 178 valence electrons. The highest BCUT2D eigenvalue weighted by atomic mass is 19.1. The van der Waals surface area contributed by atoms with Crippen molar-refractivity contribution in [3.63, 3.8) is 0 Å². The molecular formula is C27H24F2N4O2. The van der Waals surface area contributed by atoms with E-state index in [4.69, 9.17) is 9.84 Å². The Morgan fingerprint density at radius 1 is 1.11 bits per heavy atom. The fourth-order valence-corrected chi connectivity index (χ4v) is 5.76. The maximum absolute atomic E-state index is 14.5. The van der Waals surface area contributed by atoms with Gasteiger partial charge in [-0.25, -0.2) is 8.78 Å². The van der Waals surface area contributed by atoms with E-state index in [9.17, 15) is 13.6 Å². The van der Waals surface area contributed by atoms with E-state index in [-0.39, 0.29) is 18.0 Å². The summed E-state index contributed by atoms with van der Waals surface area (Å²) in [7, 11) is 3.02. The number of amides is 1. The minimum Gasteiger partial charge on any atom is -0.491 e. The summed E-state index contributed by atoms with van der Waals surface area (Å²) in [4.78, 5) is 20.1. The van der Waals surface area contributed by atoms with Gasteiger partial charge in [0.25, 0.3) is 5.91 Å². The third-order valence-electron chi connectivity index (χ3n) is 7.24. The molecule has 0 unspecified atom stereocenters. The first-order valence-electron chi connectivity index (χ1n) is 11.7. The third-order valence-corrected chi connectivity index (χ3v) is 7.24. The molecule has 2 aromatic heterocycles. The molecule has 0 spiro atoms. The van der Waals surface area contributed by atoms with Gasteiger partial charge < -0.3 is 9.64 Å². The fourth-order valence-electron chi connectivity index (χ4n) is 5.76. The number of aryl methyl sites for hydroxylation is 1. The average molecular weight is 475 g/mol. The molecular weight excluding hydrogens is 450 g/mol. The molecule has 2 aliphatic rings. The molecule has 1 fully saturated rings. The van der Waals surface area contributed by atoms with Gasteiger partial charge in [0.2, 0.25) is 0 Å². The molecule has 4 heterocycles. The number of carbonyl (C=O) groups excluding carboxylic acids is 1. The number of nitrogens with zero attached hydrogens (tertiary/aromatic N) is 4. The van der Waals surface area contributed by atoms with E-state index in [0.717, 1.165) is 41.4 Å². The molecule has 1 amide bonds. The molecule has 8 heteroatoms. The van der Waals surface area contributed by atoms with Crippen LogP contribution in [0.1, 0.15) is 46.9 Å². The Hall–Kier alpha value is -3.81. The second-order valence-corrected chi connectivity index (χ2v) is 9.24. The predicted molar refractivity (Wildman–Crippen MR) is 127 cm³/mol. The fraction of sp³-hybridized carbons (Fsp3) is 0.296. The number of carbonyl (C=O) groups is 1. The highest BCUT2D eigenvalue weighted by Crippen LogP contribution is 2.45. The summed E-state index contributed by atoms with van der Waals surface area (Å²) in [5, 5.41) is 5.68. The van der Waals surface area contributed by atoms with Crippen LogP contribution in [0, 0.1) is 11.6 Å². The van der Waals surface area contributed by atoms with Gasteiger partial charge in [-0.1, -0.05) is 6.07 Å². The molecule has 2 aromatic carbocycles. The van der Waals surface area contributed by atoms with Crippen LogP contribution in [0.5, 0.6) is 5.75 Å². The summed E-state index contributed by atoms with van der Waals surface area (Å²) < 4.78 is 35.5. The Morgan fingerprint density at radius 2 is 1.91 bits per heavy atom. The topological polar surface area (TPSA) is 60.2 Å². The van der Waals surface area contributed by atoms with E-state index in [1.165, 1.54) is 19.2 Å². The summed E-state index contributed by atoms with van der Waals surface area (Å²) >= 11 is 0. The van der Waals surface area contributed by atoms with E-state index in [2.05, 4.69) is 4.98 Å². The van der Waals surface area contributed by atoms with Crippen LogP contribution >= 0.6 is 0 Å². The van der Waals surface area contributed by atoms with Gasteiger partial charge >= 0.3 is 0 Å². The molecule has 6 rings (SSSR count). The van der Waals surface area contributed by atoms with Gasteiger partial charge in [0, 0.05) is 41.4 Å². The predicted octanol–water partition coefficient (Wildman–Crippen LogP) is 5.21. The first-order valence-corrected chi connectivity index (χ1v) is 11.7. The number of pyridine rings is 1. The Labute approximate surface area is 201 Å². The minimum atomic E-state index is -0.754. The largest absolute Gasteiger partial charge is 0.491 e. The lowest BCUT2D eigenvalue weighted by Crippen LogP contribution is -2.49. The molecule has 0 N–H and O–H groups in total. The molecule has 4 aromatic rings. The lowest BCUT2D eigenvalue weighted by atomic mass is 9.81. The van der Waals surface area contributed by atoms with Gasteiger partial charge in [-0.3, -0.25) is 14.5 Å². The number of piperidine rings is 1. The van der Waals surface area contributed by atoms with Crippen molar-refractivity contribution in [2.45, 2.75) is 37.8 Å². The van der Waals surface area contributed by atoms with E-state index < -0.39 is 17.4 Å². The quantitative estimate of drug-likeness (QED) is 0.409. The van der Waals surface area contributed by atoms with Crippen LogP contribution in [0.25, 0.3) is 22.2 Å². The summed E-state index contributed by atoms with van der Waals surface area (Å²) in [5.74, 6) is -1.93. The Kier molecular flexibility index (Phi) is 5.05. The maximum atomic E-state index is 14.5. The zero-order valence-corrected chi connectivity index (χ0v) is 19.5. The van der Waals surface area contributed by atoms with Crippen LogP contribution < -0.4 is 4.74 Å². The number of aromatic nitrogens is 3. The number of ether oxygens (including phenoxy) is 1. The molecule has 35 heavy (non-hydrogen) atoms. The van der Waals surface area contributed by atoms with Crippen LogP contribution in [0.4, 0.5) is 8.78 Å². The monoisotopic (exact) mass is 474 g/mol. The molecule has 0 saturated carbocycles. The second-order valence-electron chi connectivity index (χ2n) is 9.24. The van der Waals surface area contributed by atoms with Gasteiger partial charge in [-0.15, -0.1) is 0 Å². The normalized spacial score (nSPS) is 19.0. The number of benzene rings is 2. The third kappa shape index (κ3) is 3.38. The summed E-state index contributed by atoms with van der Waals surface area (Å²) in [5.41, 5.74) is 4.33. The smallest absolute Gasteiger partial charge is 0.254 e. The standard InChI is InChI=1S/C27H24F2N4O2/c1-32-25(17-12-20(28)26(35-2)21(29)13-17)19-14-18-6-3-7-23(24(19)31-32)33(18)27(34)16-8-9-22-15(11-16)5-4-10-30-22/h4-5,8-13,18,23H,3,6-7,14H2,1-2H3/t18-,23+/m1/s1. The van der Waals surface area contributed by atoms with Crippen molar-refractivity contribution in [1.29, 1.82) is 0 Å². The van der Waals surface area contributed by atoms with Crippen molar-refractivity contribution < 1.29 is 18.3 Å². The van der Waals surface area contributed by atoms with Gasteiger partial charge in [0.05, 0.1) is 30.1 Å². The Morgan fingerprint density at radius 3 is 2.69 bits per heavy atom.